The van der Waals surface area contributed by atoms with Crippen LogP contribution in [0.2, 0.25) is 0 Å². The fraction of sp³-hybridized carbons (Fsp3) is 0.267. The van der Waals surface area contributed by atoms with Crippen molar-refractivity contribution in [2.75, 3.05) is 0 Å². The van der Waals surface area contributed by atoms with Crippen LogP contribution >= 0.6 is 0 Å². The molecule has 0 aliphatic heterocycles. The summed E-state index contributed by atoms with van der Waals surface area (Å²) in [6.45, 7) is 2.80. The minimum Gasteiger partial charge on any atom is -0.380 e. The average Bonchev–Trinajstić information content (AvgIpc) is 2.94. The molecule has 3 rings (SSSR count). The Morgan fingerprint density at radius 2 is 2.05 bits per heavy atom. The second-order valence-electron chi connectivity index (χ2n) is 4.71. The van der Waals surface area contributed by atoms with Crippen LogP contribution in [0.1, 0.15) is 30.8 Å². The predicted octanol–water partition coefficient (Wildman–Crippen LogP) is 2.32. The monoisotopic (exact) mass is 268 g/mol. The minimum absolute atomic E-state index is 0.614. The van der Waals surface area contributed by atoms with E-state index in [9.17, 15) is 5.11 Å². The molecule has 0 saturated carbocycles. The summed E-state index contributed by atoms with van der Waals surface area (Å²) in [7, 11) is 0. The molecule has 0 aliphatic carbocycles. The summed E-state index contributed by atoms with van der Waals surface area (Å²) < 4.78 is 1.72. The Bertz CT molecular complexity index is 722. The molecule has 0 bridgehead atoms. The Balaban J connectivity index is 1.99. The summed E-state index contributed by atoms with van der Waals surface area (Å²) in [5.74, 6) is 0. The van der Waals surface area contributed by atoms with E-state index in [4.69, 9.17) is 0 Å². The highest BCUT2D eigenvalue weighted by atomic mass is 16.3. The number of para-hydroxylation sites is 1. The zero-order chi connectivity index (χ0) is 13.9. The third-order valence-corrected chi connectivity index (χ3v) is 3.26. The van der Waals surface area contributed by atoms with Crippen molar-refractivity contribution in [2.45, 2.75) is 26.0 Å². The SMILES string of the molecule is CCCn1nncc1C(O)c1ccc2ccccc2n1. The Morgan fingerprint density at radius 3 is 2.90 bits per heavy atom. The van der Waals surface area contributed by atoms with Crippen molar-refractivity contribution >= 4 is 10.9 Å². The Kier molecular flexibility index (Phi) is 3.43. The number of nitrogens with zero attached hydrogens (tertiary/aromatic N) is 4. The Morgan fingerprint density at radius 1 is 1.20 bits per heavy atom. The van der Waals surface area contributed by atoms with Gasteiger partial charge >= 0.3 is 0 Å². The van der Waals surface area contributed by atoms with E-state index in [1.165, 1.54) is 0 Å². The molecular formula is C15H16N4O. The molecule has 0 radical (unpaired) electrons. The molecule has 2 aromatic heterocycles. The third kappa shape index (κ3) is 2.28. The molecule has 0 aliphatic rings. The topological polar surface area (TPSA) is 63.8 Å². The standard InChI is InChI=1S/C15H16N4O/c1-2-9-19-14(10-16-18-19)15(20)13-8-7-11-5-3-4-6-12(11)17-13/h3-8,10,15,20H,2,9H2,1H3. The zero-order valence-electron chi connectivity index (χ0n) is 11.3. The van der Waals surface area contributed by atoms with Crippen molar-refractivity contribution in [3.05, 3.63) is 54.0 Å². The first-order valence-corrected chi connectivity index (χ1v) is 6.71. The average molecular weight is 268 g/mol. The van der Waals surface area contributed by atoms with Gasteiger partial charge < -0.3 is 5.11 Å². The molecule has 0 spiro atoms. The van der Waals surface area contributed by atoms with Gasteiger partial charge in [-0.2, -0.15) is 0 Å². The summed E-state index contributed by atoms with van der Waals surface area (Å²) >= 11 is 0. The lowest BCUT2D eigenvalue weighted by Gasteiger charge is -2.12. The molecule has 1 atom stereocenters. The normalized spacial score (nSPS) is 12.7. The number of aliphatic hydroxyl groups excluding tert-OH is 1. The van der Waals surface area contributed by atoms with Gasteiger partial charge in [-0.15, -0.1) is 5.10 Å². The molecular weight excluding hydrogens is 252 g/mol. The van der Waals surface area contributed by atoms with Crippen LogP contribution in [0.15, 0.2) is 42.6 Å². The van der Waals surface area contributed by atoms with Gasteiger partial charge in [0.25, 0.3) is 0 Å². The van der Waals surface area contributed by atoms with Gasteiger partial charge in [-0.3, -0.25) is 0 Å². The minimum atomic E-state index is -0.804. The van der Waals surface area contributed by atoms with Crippen molar-refractivity contribution in [3.63, 3.8) is 0 Å². The lowest BCUT2D eigenvalue weighted by atomic mass is 10.1. The molecule has 0 saturated heterocycles. The van der Waals surface area contributed by atoms with Crippen LogP contribution in [0.25, 0.3) is 10.9 Å². The van der Waals surface area contributed by atoms with Gasteiger partial charge in [0, 0.05) is 11.9 Å². The Hall–Kier alpha value is -2.27. The van der Waals surface area contributed by atoms with E-state index in [2.05, 4.69) is 22.2 Å². The van der Waals surface area contributed by atoms with Gasteiger partial charge in [-0.1, -0.05) is 36.4 Å². The van der Waals surface area contributed by atoms with Gasteiger partial charge in [0.2, 0.25) is 0 Å². The molecule has 2 heterocycles. The van der Waals surface area contributed by atoms with E-state index >= 15 is 0 Å². The van der Waals surface area contributed by atoms with Crippen molar-refractivity contribution in [1.29, 1.82) is 0 Å². The van der Waals surface area contributed by atoms with Crippen LogP contribution in [0.5, 0.6) is 0 Å². The molecule has 1 unspecified atom stereocenters. The van der Waals surface area contributed by atoms with Gasteiger partial charge in [0.15, 0.2) is 0 Å². The maximum atomic E-state index is 10.5. The van der Waals surface area contributed by atoms with Gasteiger partial charge in [0.05, 0.1) is 23.1 Å². The molecule has 5 nitrogen and oxygen atoms in total. The number of aliphatic hydroxyl groups is 1. The second kappa shape index (κ2) is 5.38. The number of rotatable bonds is 4. The molecule has 0 fully saturated rings. The Labute approximate surface area is 116 Å². The van der Waals surface area contributed by atoms with Crippen molar-refractivity contribution in [3.8, 4) is 0 Å². The lowest BCUT2D eigenvalue weighted by Crippen LogP contribution is -2.11. The van der Waals surface area contributed by atoms with E-state index in [0.717, 1.165) is 23.9 Å². The van der Waals surface area contributed by atoms with E-state index in [1.54, 1.807) is 10.9 Å². The van der Waals surface area contributed by atoms with Crippen molar-refractivity contribution < 1.29 is 5.11 Å². The summed E-state index contributed by atoms with van der Waals surface area (Å²) in [4.78, 5) is 4.51. The summed E-state index contributed by atoms with van der Waals surface area (Å²) in [6, 6.07) is 11.7. The molecule has 0 amide bonds. The molecule has 3 aromatic rings. The highest BCUT2D eigenvalue weighted by molar-refractivity contribution is 5.78. The fourth-order valence-electron chi connectivity index (χ4n) is 2.25. The number of aromatic nitrogens is 4. The largest absolute Gasteiger partial charge is 0.380 e. The van der Waals surface area contributed by atoms with Crippen molar-refractivity contribution in [2.24, 2.45) is 0 Å². The van der Waals surface area contributed by atoms with Crippen LogP contribution in [-0.2, 0) is 6.54 Å². The van der Waals surface area contributed by atoms with E-state index in [0.29, 0.717) is 11.4 Å². The third-order valence-electron chi connectivity index (χ3n) is 3.26. The molecule has 1 N–H and O–H groups in total. The summed E-state index contributed by atoms with van der Waals surface area (Å²) in [5, 5.41) is 19.4. The van der Waals surface area contributed by atoms with Crippen LogP contribution in [0, 0.1) is 0 Å². The molecule has 102 valence electrons. The number of aryl methyl sites for hydroxylation is 1. The first-order valence-electron chi connectivity index (χ1n) is 6.71. The lowest BCUT2D eigenvalue weighted by molar-refractivity contribution is 0.203. The number of hydrogen-bond acceptors (Lipinski definition) is 4. The summed E-state index contributed by atoms with van der Waals surface area (Å²) in [6.07, 6.45) is 1.73. The van der Waals surface area contributed by atoms with Crippen LogP contribution in [0.4, 0.5) is 0 Å². The maximum absolute atomic E-state index is 10.5. The maximum Gasteiger partial charge on any atom is 0.139 e. The van der Waals surface area contributed by atoms with Crippen molar-refractivity contribution in [1.82, 2.24) is 20.0 Å². The van der Waals surface area contributed by atoms with Gasteiger partial charge in [0.1, 0.15) is 6.10 Å². The van der Waals surface area contributed by atoms with Gasteiger partial charge in [-0.25, -0.2) is 9.67 Å². The smallest absolute Gasteiger partial charge is 0.139 e. The molecule has 5 heteroatoms. The van der Waals surface area contributed by atoms with Crippen LogP contribution in [-0.4, -0.2) is 25.1 Å². The first kappa shape index (κ1) is 12.7. The number of hydrogen-bond donors (Lipinski definition) is 1. The van der Waals surface area contributed by atoms with E-state index in [1.807, 2.05) is 36.4 Å². The predicted molar refractivity (Wildman–Crippen MR) is 76.1 cm³/mol. The van der Waals surface area contributed by atoms with Crippen LogP contribution in [0.3, 0.4) is 0 Å². The van der Waals surface area contributed by atoms with Crippen LogP contribution < -0.4 is 0 Å². The zero-order valence-corrected chi connectivity index (χ0v) is 11.3. The quantitative estimate of drug-likeness (QED) is 0.788. The number of pyridine rings is 1. The molecule has 1 aromatic carbocycles. The highest BCUT2D eigenvalue weighted by Gasteiger charge is 2.17. The first-order chi connectivity index (χ1) is 9.79. The van der Waals surface area contributed by atoms with E-state index < -0.39 is 6.10 Å². The summed E-state index contributed by atoms with van der Waals surface area (Å²) in [5.41, 5.74) is 2.16. The second-order valence-corrected chi connectivity index (χ2v) is 4.71. The van der Waals surface area contributed by atoms with E-state index in [-0.39, 0.29) is 0 Å². The van der Waals surface area contributed by atoms with Gasteiger partial charge in [-0.05, 0) is 18.6 Å². The molecule has 20 heavy (non-hydrogen) atoms. The number of fused-ring (bicyclic) bond motifs is 1. The number of benzene rings is 1. The highest BCUT2D eigenvalue weighted by Crippen LogP contribution is 2.22. The fourth-order valence-corrected chi connectivity index (χ4v) is 2.25.